The zero-order valence-corrected chi connectivity index (χ0v) is 10.0. The van der Waals surface area contributed by atoms with Gasteiger partial charge in [-0.3, -0.25) is 0 Å². The molecule has 0 saturated carbocycles. The monoisotopic (exact) mass is 196 g/mol. The molecule has 14 heavy (non-hydrogen) atoms. The molecule has 0 bridgehead atoms. The van der Waals surface area contributed by atoms with E-state index in [0.717, 1.165) is 19.3 Å². The molecule has 1 aliphatic carbocycles. The van der Waals surface area contributed by atoms with Gasteiger partial charge in [-0.2, -0.15) is 0 Å². The molecule has 0 saturated heterocycles. The highest BCUT2D eigenvalue weighted by molar-refractivity contribution is 5.05. The number of allylic oxidation sites excluding steroid dienone is 2. The maximum absolute atomic E-state index is 10.4. The van der Waals surface area contributed by atoms with Gasteiger partial charge in [0.15, 0.2) is 0 Å². The molecule has 0 amide bonds. The van der Waals surface area contributed by atoms with Gasteiger partial charge in [-0.25, -0.2) is 0 Å². The van der Waals surface area contributed by atoms with Gasteiger partial charge in [0.2, 0.25) is 0 Å². The van der Waals surface area contributed by atoms with E-state index < -0.39 is 5.60 Å². The fourth-order valence-electron chi connectivity index (χ4n) is 2.52. The van der Waals surface area contributed by atoms with Crippen LogP contribution in [0.3, 0.4) is 0 Å². The lowest BCUT2D eigenvalue weighted by Gasteiger charge is -2.36. The average molecular weight is 196 g/mol. The lowest BCUT2D eigenvalue weighted by atomic mass is 9.75. The summed E-state index contributed by atoms with van der Waals surface area (Å²) in [5.74, 6) is 1.05. The van der Waals surface area contributed by atoms with Gasteiger partial charge in [-0.1, -0.05) is 25.5 Å². The van der Waals surface area contributed by atoms with Gasteiger partial charge < -0.3 is 5.11 Å². The van der Waals surface area contributed by atoms with Crippen LogP contribution in [0.4, 0.5) is 0 Å². The average Bonchev–Trinajstić information content (AvgIpc) is 2.02. The molecule has 1 aliphatic rings. The van der Waals surface area contributed by atoms with E-state index in [-0.39, 0.29) is 0 Å². The van der Waals surface area contributed by atoms with Crippen molar-refractivity contribution in [2.75, 3.05) is 0 Å². The molecule has 1 N–H and O–H groups in total. The summed E-state index contributed by atoms with van der Waals surface area (Å²) < 4.78 is 0. The van der Waals surface area contributed by atoms with E-state index in [1.165, 1.54) is 12.0 Å². The van der Waals surface area contributed by atoms with Crippen LogP contribution in [0.5, 0.6) is 0 Å². The molecule has 0 aromatic carbocycles. The SMILES string of the molecule is CC1=CCC(C(C)(O)CC(C)C)CC1. The highest BCUT2D eigenvalue weighted by Crippen LogP contribution is 2.35. The first-order valence-electron chi connectivity index (χ1n) is 5.80. The van der Waals surface area contributed by atoms with E-state index in [1.807, 2.05) is 6.92 Å². The van der Waals surface area contributed by atoms with Crippen LogP contribution in [0.2, 0.25) is 0 Å². The van der Waals surface area contributed by atoms with Crippen LogP contribution >= 0.6 is 0 Å². The molecule has 1 nitrogen and oxygen atoms in total. The summed E-state index contributed by atoms with van der Waals surface area (Å²) in [5.41, 5.74) is 1.02. The number of aliphatic hydroxyl groups is 1. The van der Waals surface area contributed by atoms with Crippen molar-refractivity contribution in [1.82, 2.24) is 0 Å². The lowest BCUT2D eigenvalue weighted by Crippen LogP contribution is -2.36. The smallest absolute Gasteiger partial charge is 0.0653 e. The molecule has 2 unspecified atom stereocenters. The Morgan fingerprint density at radius 3 is 2.64 bits per heavy atom. The van der Waals surface area contributed by atoms with Crippen molar-refractivity contribution in [3.05, 3.63) is 11.6 Å². The van der Waals surface area contributed by atoms with E-state index in [1.54, 1.807) is 0 Å². The van der Waals surface area contributed by atoms with Crippen molar-refractivity contribution in [2.45, 2.75) is 59.0 Å². The summed E-state index contributed by atoms with van der Waals surface area (Å²) in [7, 11) is 0. The summed E-state index contributed by atoms with van der Waals surface area (Å²) in [6.45, 7) is 8.55. The van der Waals surface area contributed by atoms with Gasteiger partial charge in [-0.05, 0) is 51.4 Å². The Morgan fingerprint density at radius 1 is 1.57 bits per heavy atom. The van der Waals surface area contributed by atoms with E-state index in [0.29, 0.717) is 11.8 Å². The van der Waals surface area contributed by atoms with Gasteiger partial charge in [0.25, 0.3) is 0 Å². The van der Waals surface area contributed by atoms with Crippen molar-refractivity contribution in [3.8, 4) is 0 Å². The third-order valence-electron chi connectivity index (χ3n) is 3.34. The van der Waals surface area contributed by atoms with Crippen LogP contribution in [-0.2, 0) is 0 Å². The highest BCUT2D eigenvalue weighted by Gasteiger charge is 2.32. The number of hydrogen-bond donors (Lipinski definition) is 1. The van der Waals surface area contributed by atoms with Gasteiger partial charge in [0.1, 0.15) is 0 Å². The summed E-state index contributed by atoms with van der Waals surface area (Å²) in [4.78, 5) is 0. The van der Waals surface area contributed by atoms with Crippen molar-refractivity contribution >= 4 is 0 Å². The molecule has 1 rings (SSSR count). The maximum atomic E-state index is 10.4. The Bertz CT molecular complexity index is 213. The molecule has 2 atom stereocenters. The predicted molar refractivity (Wildman–Crippen MR) is 61.2 cm³/mol. The highest BCUT2D eigenvalue weighted by atomic mass is 16.3. The Morgan fingerprint density at radius 2 is 2.21 bits per heavy atom. The van der Waals surface area contributed by atoms with Crippen LogP contribution in [0.25, 0.3) is 0 Å². The largest absolute Gasteiger partial charge is 0.390 e. The molecule has 0 radical (unpaired) electrons. The molecule has 0 aliphatic heterocycles. The summed E-state index contributed by atoms with van der Waals surface area (Å²) in [5, 5.41) is 10.4. The van der Waals surface area contributed by atoms with Crippen molar-refractivity contribution < 1.29 is 5.11 Å². The van der Waals surface area contributed by atoms with E-state index >= 15 is 0 Å². The van der Waals surface area contributed by atoms with Crippen molar-refractivity contribution in [3.63, 3.8) is 0 Å². The van der Waals surface area contributed by atoms with Crippen LogP contribution in [0.1, 0.15) is 53.4 Å². The lowest BCUT2D eigenvalue weighted by molar-refractivity contribution is -0.0228. The van der Waals surface area contributed by atoms with E-state index in [2.05, 4.69) is 26.8 Å². The normalized spacial score (nSPS) is 27.3. The molecule has 0 aromatic heterocycles. The van der Waals surface area contributed by atoms with E-state index in [9.17, 15) is 5.11 Å². The van der Waals surface area contributed by atoms with Gasteiger partial charge in [-0.15, -0.1) is 0 Å². The molecule has 1 heteroatoms. The second kappa shape index (κ2) is 4.48. The number of rotatable bonds is 3. The maximum Gasteiger partial charge on any atom is 0.0653 e. The van der Waals surface area contributed by atoms with Crippen LogP contribution in [0.15, 0.2) is 11.6 Å². The molecule has 0 fully saturated rings. The Balaban J connectivity index is 2.56. The molecule has 0 spiro atoms. The minimum atomic E-state index is -0.467. The zero-order chi connectivity index (χ0) is 10.8. The predicted octanol–water partition coefficient (Wildman–Crippen LogP) is 3.53. The molecular formula is C13H24O. The van der Waals surface area contributed by atoms with Crippen LogP contribution in [0, 0.1) is 11.8 Å². The Hall–Kier alpha value is -0.300. The second-order valence-corrected chi connectivity index (χ2v) is 5.48. The van der Waals surface area contributed by atoms with Crippen LogP contribution in [-0.4, -0.2) is 10.7 Å². The fraction of sp³-hybridized carbons (Fsp3) is 0.846. The summed E-state index contributed by atoms with van der Waals surface area (Å²) in [6.07, 6.45) is 6.60. The van der Waals surface area contributed by atoms with Gasteiger partial charge in [0.05, 0.1) is 5.60 Å². The Labute approximate surface area is 88.2 Å². The molecule has 82 valence electrons. The number of hydrogen-bond acceptors (Lipinski definition) is 1. The molecule has 0 aromatic rings. The fourth-order valence-corrected chi connectivity index (χ4v) is 2.52. The third kappa shape index (κ3) is 3.13. The quantitative estimate of drug-likeness (QED) is 0.685. The molecule has 0 heterocycles. The van der Waals surface area contributed by atoms with Crippen molar-refractivity contribution in [1.29, 1.82) is 0 Å². The topological polar surface area (TPSA) is 20.2 Å². The second-order valence-electron chi connectivity index (χ2n) is 5.48. The first-order valence-corrected chi connectivity index (χ1v) is 5.80. The minimum Gasteiger partial charge on any atom is -0.390 e. The first-order chi connectivity index (χ1) is 6.42. The summed E-state index contributed by atoms with van der Waals surface area (Å²) >= 11 is 0. The Kier molecular flexibility index (Phi) is 3.77. The van der Waals surface area contributed by atoms with E-state index in [4.69, 9.17) is 0 Å². The van der Waals surface area contributed by atoms with Crippen molar-refractivity contribution in [2.24, 2.45) is 11.8 Å². The summed E-state index contributed by atoms with van der Waals surface area (Å²) in [6, 6.07) is 0. The van der Waals surface area contributed by atoms with Gasteiger partial charge in [0, 0.05) is 0 Å². The van der Waals surface area contributed by atoms with Crippen LogP contribution < -0.4 is 0 Å². The minimum absolute atomic E-state index is 0.466. The zero-order valence-electron chi connectivity index (χ0n) is 10.0. The van der Waals surface area contributed by atoms with Gasteiger partial charge >= 0.3 is 0 Å². The molecular weight excluding hydrogens is 172 g/mol. The third-order valence-corrected chi connectivity index (χ3v) is 3.34. The first kappa shape index (κ1) is 11.8. The standard InChI is InChI=1S/C13H24O/c1-10(2)9-13(4,14)12-7-5-11(3)6-8-12/h5,10,12,14H,6-9H2,1-4H3.